The van der Waals surface area contributed by atoms with Crippen LogP contribution in [-0.2, 0) is 13.1 Å². The van der Waals surface area contributed by atoms with Crippen molar-refractivity contribution in [2.75, 3.05) is 20.2 Å². The largest absolute Gasteiger partial charge is 0.507 e. The number of benzene rings is 2. The van der Waals surface area contributed by atoms with Crippen molar-refractivity contribution in [1.82, 2.24) is 9.47 Å². The average molecular weight is 471 g/mol. The number of Topliss-reactive ketones (excluding diaryl/α,β-unsaturated/α-hetero) is 1. The molecule has 0 unspecified atom stereocenters. The van der Waals surface area contributed by atoms with Crippen molar-refractivity contribution >= 4 is 11.9 Å². The predicted molar refractivity (Wildman–Crippen MR) is 131 cm³/mol. The summed E-state index contributed by atoms with van der Waals surface area (Å²) in [5.41, 5.74) is 3.06. The Labute approximate surface area is 202 Å². The van der Waals surface area contributed by atoms with E-state index in [1.54, 1.807) is 31.4 Å². The second-order valence-corrected chi connectivity index (χ2v) is 9.55. The van der Waals surface area contributed by atoms with Crippen LogP contribution >= 0.6 is 0 Å². The number of piperidine rings is 1. The van der Waals surface area contributed by atoms with E-state index in [0.29, 0.717) is 35.9 Å². The molecule has 0 amide bonds. The maximum atomic E-state index is 13.1. The number of likely N-dealkylation sites (tertiary alicyclic amines) is 1. The Balaban J connectivity index is 1.27. The van der Waals surface area contributed by atoms with Gasteiger partial charge in [-0.25, -0.2) is 0 Å². The van der Waals surface area contributed by atoms with Crippen molar-refractivity contribution < 1.29 is 19.4 Å². The van der Waals surface area contributed by atoms with Crippen LogP contribution in [0.4, 0.5) is 0 Å². The summed E-state index contributed by atoms with van der Waals surface area (Å²) >= 11 is 0. The number of aromatic hydroxyl groups is 1. The number of aromatic nitrogens is 1. The Hall–Kier alpha value is -3.84. The van der Waals surface area contributed by atoms with Crippen LogP contribution in [-0.4, -0.2) is 40.6 Å². The van der Waals surface area contributed by atoms with E-state index in [4.69, 9.17) is 9.47 Å². The van der Waals surface area contributed by atoms with E-state index in [1.807, 2.05) is 41.0 Å². The number of hydrogen-bond donors (Lipinski definition) is 1. The molecule has 0 aliphatic carbocycles. The lowest BCUT2D eigenvalue weighted by atomic mass is 9.83. The molecule has 7 nitrogen and oxygen atoms in total. The Morgan fingerprint density at radius 1 is 1.06 bits per heavy atom. The third kappa shape index (κ3) is 3.82. The number of carbonyl (C=O) groups is 1. The summed E-state index contributed by atoms with van der Waals surface area (Å²) in [6.45, 7) is 2.79. The van der Waals surface area contributed by atoms with Gasteiger partial charge in [0.25, 0.3) is 5.56 Å². The van der Waals surface area contributed by atoms with Crippen LogP contribution < -0.4 is 15.0 Å². The first-order valence-electron chi connectivity index (χ1n) is 11.9. The third-order valence-electron chi connectivity index (χ3n) is 7.27. The van der Waals surface area contributed by atoms with Gasteiger partial charge in [0.15, 0.2) is 5.76 Å². The second kappa shape index (κ2) is 8.43. The molecule has 0 radical (unpaired) electrons. The van der Waals surface area contributed by atoms with E-state index >= 15 is 0 Å². The van der Waals surface area contributed by atoms with Crippen LogP contribution in [0.25, 0.3) is 6.08 Å². The Morgan fingerprint density at radius 2 is 1.89 bits per heavy atom. The molecule has 1 N–H and O–H groups in total. The molecular formula is C28H26N2O5. The van der Waals surface area contributed by atoms with E-state index in [0.717, 1.165) is 36.5 Å². The fourth-order valence-electron chi connectivity index (χ4n) is 5.65. The summed E-state index contributed by atoms with van der Waals surface area (Å²) in [7, 11) is 1.61. The maximum absolute atomic E-state index is 13.1. The monoisotopic (exact) mass is 470 g/mol. The lowest BCUT2D eigenvalue weighted by Gasteiger charge is -2.42. The molecule has 7 heteroatoms. The number of phenols is 1. The molecule has 35 heavy (non-hydrogen) atoms. The first kappa shape index (κ1) is 21.7. The van der Waals surface area contributed by atoms with E-state index in [2.05, 4.69) is 4.90 Å². The molecule has 0 spiro atoms. The summed E-state index contributed by atoms with van der Waals surface area (Å²) in [4.78, 5) is 27.7. The van der Waals surface area contributed by atoms with Crippen molar-refractivity contribution in [3.05, 3.63) is 93.1 Å². The van der Waals surface area contributed by atoms with Crippen LogP contribution in [0.5, 0.6) is 17.2 Å². The van der Waals surface area contributed by atoms with Crippen LogP contribution in [0, 0.1) is 5.92 Å². The van der Waals surface area contributed by atoms with Crippen LogP contribution in [0.15, 0.2) is 65.2 Å². The van der Waals surface area contributed by atoms with Crippen molar-refractivity contribution in [3.8, 4) is 17.2 Å². The molecule has 3 aromatic rings. The fraction of sp³-hybridized carbons (Fsp3) is 0.286. The molecule has 1 aromatic heterocycles. The zero-order valence-corrected chi connectivity index (χ0v) is 19.4. The average Bonchev–Trinajstić information content (AvgIpc) is 3.17. The topological polar surface area (TPSA) is 81.0 Å². The van der Waals surface area contributed by atoms with Gasteiger partial charge in [0, 0.05) is 43.9 Å². The van der Waals surface area contributed by atoms with Crippen LogP contribution in [0.2, 0.25) is 0 Å². The highest BCUT2D eigenvalue weighted by atomic mass is 16.5. The molecule has 2 atom stereocenters. The molecular weight excluding hydrogens is 444 g/mol. The standard InChI is InChI=1S/C28H26N2O5/c1-34-20-7-5-17(6-8-20)12-25-27(33)21-9-10-24(31)22(28(21)35-25)16-29-13-18-11-19(15-29)23-3-2-4-26(32)30(23)14-18/h2-10,12,18-19,31H,11,13-16H2,1H3/b25-12-/t18-,19+/m0/s1. The third-order valence-corrected chi connectivity index (χ3v) is 7.27. The SMILES string of the molecule is COc1ccc(/C=C2\Oc3c(ccc(O)c3CN3C[C@@H]4C[C@H](C3)c3cccc(=O)n3C4)C2=O)cc1. The van der Waals surface area contributed by atoms with Gasteiger partial charge in [0.2, 0.25) is 5.78 Å². The number of ether oxygens (including phenoxy) is 2. The molecule has 0 saturated carbocycles. The van der Waals surface area contributed by atoms with Gasteiger partial charge in [-0.3, -0.25) is 14.5 Å². The first-order valence-corrected chi connectivity index (χ1v) is 11.9. The van der Waals surface area contributed by atoms with E-state index in [9.17, 15) is 14.7 Å². The molecule has 4 heterocycles. The van der Waals surface area contributed by atoms with Crippen molar-refractivity contribution in [2.24, 2.45) is 5.92 Å². The molecule has 2 bridgehead atoms. The minimum absolute atomic E-state index is 0.0623. The van der Waals surface area contributed by atoms with E-state index in [1.165, 1.54) is 0 Å². The van der Waals surface area contributed by atoms with Crippen LogP contribution in [0.3, 0.4) is 0 Å². The number of hydrogen-bond acceptors (Lipinski definition) is 6. The fourth-order valence-corrected chi connectivity index (χ4v) is 5.65. The molecule has 3 aliphatic heterocycles. The Kier molecular flexibility index (Phi) is 5.22. The minimum atomic E-state index is -0.194. The highest BCUT2D eigenvalue weighted by molar-refractivity contribution is 6.15. The summed E-state index contributed by atoms with van der Waals surface area (Å²) < 4.78 is 13.2. The number of nitrogens with zero attached hydrogens (tertiary/aromatic N) is 2. The van der Waals surface area contributed by atoms with Gasteiger partial charge in [-0.05, 0) is 54.3 Å². The summed E-state index contributed by atoms with van der Waals surface area (Å²) in [5.74, 6) is 1.97. The van der Waals surface area contributed by atoms with Crippen molar-refractivity contribution in [3.63, 3.8) is 0 Å². The van der Waals surface area contributed by atoms with Gasteiger partial charge >= 0.3 is 0 Å². The number of pyridine rings is 1. The second-order valence-electron chi connectivity index (χ2n) is 9.55. The van der Waals surface area contributed by atoms with Gasteiger partial charge < -0.3 is 19.1 Å². The number of methoxy groups -OCH3 is 1. The molecule has 6 rings (SSSR count). The number of phenolic OH excluding ortho intramolecular Hbond substituents is 1. The number of ketones is 1. The lowest BCUT2D eigenvalue weighted by molar-refractivity contribution is 0.101. The van der Waals surface area contributed by atoms with Crippen LogP contribution in [0.1, 0.15) is 39.5 Å². The summed E-state index contributed by atoms with van der Waals surface area (Å²) in [5, 5.41) is 10.7. The summed E-state index contributed by atoms with van der Waals surface area (Å²) in [6.07, 6.45) is 2.77. The Bertz CT molecular complexity index is 1410. The zero-order chi connectivity index (χ0) is 24.1. The van der Waals surface area contributed by atoms with Gasteiger partial charge in [-0.15, -0.1) is 0 Å². The predicted octanol–water partition coefficient (Wildman–Crippen LogP) is 3.80. The number of allylic oxidation sites excluding steroid dienone is 1. The van der Waals surface area contributed by atoms with Crippen molar-refractivity contribution in [1.29, 1.82) is 0 Å². The van der Waals surface area contributed by atoms with E-state index in [-0.39, 0.29) is 28.8 Å². The molecule has 1 saturated heterocycles. The highest BCUT2D eigenvalue weighted by Gasteiger charge is 2.36. The number of fused-ring (bicyclic) bond motifs is 5. The highest BCUT2D eigenvalue weighted by Crippen LogP contribution is 2.42. The molecule has 1 fully saturated rings. The lowest BCUT2D eigenvalue weighted by Crippen LogP contribution is -2.46. The number of rotatable bonds is 4. The molecule has 178 valence electrons. The number of carbonyl (C=O) groups excluding carboxylic acids is 1. The Morgan fingerprint density at radius 3 is 2.69 bits per heavy atom. The van der Waals surface area contributed by atoms with Crippen molar-refractivity contribution in [2.45, 2.75) is 25.4 Å². The normalized spacial score (nSPS) is 22.0. The minimum Gasteiger partial charge on any atom is -0.507 e. The summed E-state index contributed by atoms with van der Waals surface area (Å²) in [6, 6.07) is 16.1. The smallest absolute Gasteiger partial charge is 0.250 e. The van der Waals surface area contributed by atoms with Gasteiger partial charge in [-0.1, -0.05) is 18.2 Å². The molecule has 2 aromatic carbocycles. The molecule has 3 aliphatic rings. The van der Waals surface area contributed by atoms with E-state index < -0.39 is 0 Å². The quantitative estimate of drug-likeness (QED) is 0.585. The van der Waals surface area contributed by atoms with Gasteiger partial charge in [0.05, 0.1) is 18.2 Å². The van der Waals surface area contributed by atoms with Gasteiger partial charge in [-0.2, -0.15) is 0 Å². The maximum Gasteiger partial charge on any atom is 0.250 e. The van der Waals surface area contributed by atoms with Gasteiger partial charge in [0.1, 0.15) is 17.2 Å². The zero-order valence-electron chi connectivity index (χ0n) is 19.4. The first-order chi connectivity index (χ1) is 17.0.